The van der Waals surface area contributed by atoms with Crippen LogP contribution in [0.15, 0.2) is 16.5 Å². The number of ether oxygens (including phenoxy) is 1. The second-order valence-electron chi connectivity index (χ2n) is 1.71. The predicted octanol–water partition coefficient (Wildman–Crippen LogP) is 0.535. The van der Waals surface area contributed by atoms with Crippen molar-refractivity contribution in [1.82, 2.24) is 0 Å². The summed E-state index contributed by atoms with van der Waals surface area (Å²) in [7, 11) is 0. The second-order valence-corrected chi connectivity index (χ2v) is 1.71. The summed E-state index contributed by atoms with van der Waals surface area (Å²) in [5.74, 6) is 0.870. The second kappa shape index (κ2) is 2.91. The van der Waals surface area contributed by atoms with Crippen molar-refractivity contribution in [3.8, 4) is 0 Å². The molecule has 1 aromatic rings. The molecule has 0 bridgehead atoms. The van der Waals surface area contributed by atoms with Crippen molar-refractivity contribution in [2.45, 2.75) is 6.61 Å². The topological polar surface area (TPSA) is 65.5 Å². The number of nitrogens with two attached hydrogens (primary N) is 1. The molecule has 54 valence electrons. The van der Waals surface area contributed by atoms with Gasteiger partial charge in [-0.15, -0.1) is 0 Å². The maximum Gasteiger partial charge on any atom is 0.293 e. The molecular weight excluding hydrogens is 134 g/mol. The van der Waals surface area contributed by atoms with Crippen LogP contribution in [-0.4, -0.2) is 6.47 Å². The van der Waals surface area contributed by atoms with Crippen LogP contribution in [0, 0.1) is 0 Å². The highest BCUT2D eigenvalue weighted by Gasteiger charge is 1.96. The molecule has 0 atom stereocenters. The van der Waals surface area contributed by atoms with Crippen LogP contribution < -0.4 is 5.73 Å². The van der Waals surface area contributed by atoms with Crippen molar-refractivity contribution in [3.05, 3.63) is 17.9 Å². The molecule has 0 saturated heterocycles. The van der Waals surface area contributed by atoms with E-state index in [0.717, 1.165) is 0 Å². The molecule has 0 spiro atoms. The normalized spacial score (nSPS) is 9.20. The third kappa shape index (κ3) is 1.51. The third-order valence-electron chi connectivity index (χ3n) is 0.976. The summed E-state index contributed by atoms with van der Waals surface area (Å²) in [4.78, 5) is 9.69. The summed E-state index contributed by atoms with van der Waals surface area (Å²) in [5, 5.41) is 0. The number of carbonyl (C=O) groups is 1. The van der Waals surface area contributed by atoms with Crippen molar-refractivity contribution >= 4 is 12.4 Å². The zero-order chi connectivity index (χ0) is 7.40. The minimum absolute atomic E-state index is 0.140. The van der Waals surface area contributed by atoms with Gasteiger partial charge in [-0.2, -0.15) is 0 Å². The molecule has 0 radical (unpaired) electrons. The molecule has 0 aliphatic carbocycles. The van der Waals surface area contributed by atoms with Gasteiger partial charge in [-0.25, -0.2) is 0 Å². The van der Waals surface area contributed by atoms with Crippen LogP contribution >= 0.6 is 0 Å². The first-order chi connectivity index (χ1) is 4.83. The zero-order valence-corrected chi connectivity index (χ0v) is 5.24. The predicted molar refractivity (Wildman–Crippen MR) is 34.0 cm³/mol. The number of furan rings is 1. The molecule has 1 rings (SSSR count). The summed E-state index contributed by atoms with van der Waals surface area (Å²) >= 11 is 0. The lowest BCUT2D eigenvalue weighted by Crippen LogP contribution is -1.86. The highest BCUT2D eigenvalue weighted by atomic mass is 16.5. The number of hydrogen-bond acceptors (Lipinski definition) is 4. The van der Waals surface area contributed by atoms with Gasteiger partial charge in [0.15, 0.2) is 5.88 Å². The molecule has 0 saturated carbocycles. The Bertz CT molecular complexity index is 219. The van der Waals surface area contributed by atoms with Crippen molar-refractivity contribution in [2.75, 3.05) is 5.73 Å². The summed E-state index contributed by atoms with van der Waals surface area (Å²) in [6.45, 7) is 0.499. The summed E-state index contributed by atoms with van der Waals surface area (Å²) in [6, 6.07) is 3.25. The molecule has 10 heavy (non-hydrogen) atoms. The van der Waals surface area contributed by atoms with E-state index in [4.69, 9.17) is 10.2 Å². The summed E-state index contributed by atoms with van der Waals surface area (Å²) in [6.07, 6.45) is 0. The average Bonchev–Trinajstić information content (AvgIpc) is 2.31. The van der Waals surface area contributed by atoms with Gasteiger partial charge in [-0.1, -0.05) is 0 Å². The quantitative estimate of drug-likeness (QED) is 0.623. The Kier molecular flexibility index (Phi) is 1.94. The molecule has 0 fully saturated rings. The van der Waals surface area contributed by atoms with Gasteiger partial charge >= 0.3 is 0 Å². The summed E-state index contributed by atoms with van der Waals surface area (Å²) < 4.78 is 9.28. The fourth-order valence-electron chi connectivity index (χ4n) is 0.588. The van der Waals surface area contributed by atoms with Crippen molar-refractivity contribution in [1.29, 1.82) is 0 Å². The molecule has 2 N–H and O–H groups in total. The maximum atomic E-state index is 9.69. The lowest BCUT2D eigenvalue weighted by atomic mass is 10.5. The molecule has 0 aromatic carbocycles. The number of hydrogen-bond donors (Lipinski definition) is 1. The number of carbonyl (C=O) groups excluding carboxylic acids is 1. The SMILES string of the molecule is Nc1ccc(COC=O)o1. The molecule has 4 heteroatoms. The molecule has 0 aliphatic heterocycles. The van der Waals surface area contributed by atoms with Gasteiger partial charge in [0.25, 0.3) is 6.47 Å². The van der Waals surface area contributed by atoms with Crippen LogP contribution in [-0.2, 0) is 16.1 Å². The smallest absolute Gasteiger partial charge is 0.293 e. The first kappa shape index (κ1) is 6.67. The average molecular weight is 141 g/mol. The van der Waals surface area contributed by atoms with Crippen LogP contribution in [0.25, 0.3) is 0 Å². The highest BCUT2D eigenvalue weighted by Crippen LogP contribution is 2.09. The van der Waals surface area contributed by atoms with E-state index in [-0.39, 0.29) is 6.61 Å². The van der Waals surface area contributed by atoms with Gasteiger partial charge in [-0.3, -0.25) is 4.79 Å². The van der Waals surface area contributed by atoms with Gasteiger partial charge in [-0.05, 0) is 6.07 Å². The maximum absolute atomic E-state index is 9.69. The van der Waals surface area contributed by atoms with Crippen molar-refractivity contribution in [2.24, 2.45) is 0 Å². The molecule has 1 aromatic heterocycles. The first-order valence-corrected chi connectivity index (χ1v) is 2.72. The highest BCUT2D eigenvalue weighted by molar-refractivity contribution is 5.37. The fraction of sp³-hybridized carbons (Fsp3) is 0.167. The van der Waals surface area contributed by atoms with E-state index < -0.39 is 0 Å². The Morgan fingerprint density at radius 3 is 3.00 bits per heavy atom. The monoisotopic (exact) mass is 141 g/mol. The van der Waals surface area contributed by atoms with E-state index in [1.807, 2.05) is 0 Å². The van der Waals surface area contributed by atoms with E-state index in [9.17, 15) is 4.79 Å². The fourth-order valence-corrected chi connectivity index (χ4v) is 0.588. The summed E-state index contributed by atoms with van der Waals surface area (Å²) in [5.41, 5.74) is 5.24. The van der Waals surface area contributed by atoms with Gasteiger partial charge in [0.1, 0.15) is 12.4 Å². The van der Waals surface area contributed by atoms with Crippen LogP contribution in [0.1, 0.15) is 5.76 Å². The van der Waals surface area contributed by atoms with Gasteiger partial charge < -0.3 is 14.9 Å². The Balaban J connectivity index is 2.49. The van der Waals surface area contributed by atoms with Crippen LogP contribution in [0.4, 0.5) is 5.88 Å². The first-order valence-electron chi connectivity index (χ1n) is 2.72. The van der Waals surface area contributed by atoms with Crippen LogP contribution in [0.2, 0.25) is 0 Å². The molecule has 0 aliphatic rings. The lowest BCUT2D eigenvalue weighted by molar-refractivity contribution is -0.130. The lowest BCUT2D eigenvalue weighted by Gasteiger charge is -1.91. The Labute approximate surface area is 57.6 Å². The third-order valence-corrected chi connectivity index (χ3v) is 0.976. The Morgan fingerprint density at radius 1 is 1.70 bits per heavy atom. The molecule has 0 unspecified atom stereocenters. The van der Waals surface area contributed by atoms with Gasteiger partial charge in [0.2, 0.25) is 0 Å². The molecule has 4 nitrogen and oxygen atoms in total. The molecule has 1 heterocycles. The van der Waals surface area contributed by atoms with E-state index in [0.29, 0.717) is 18.1 Å². The largest absolute Gasteiger partial charge is 0.460 e. The number of rotatable bonds is 3. The number of nitrogen functional groups attached to an aromatic ring is 1. The van der Waals surface area contributed by atoms with Gasteiger partial charge in [0, 0.05) is 6.07 Å². The van der Waals surface area contributed by atoms with E-state index in [1.165, 1.54) is 0 Å². The Hall–Kier alpha value is -1.45. The minimum Gasteiger partial charge on any atom is -0.460 e. The Morgan fingerprint density at radius 2 is 2.50 bits per heavy atom. The minimum atomic E-state index is 0.140. The molecular formula is C6H7NO3. The van der Waals surface area contributed by atoms with Crippen LogP contribution in [0.3, 0.4) is 0 Å². The van der Waals surface area contributed by atoms with Crippen molar-refractivity contribution in [3.63, 3.8) is 0 Å². The molecule has 0 amide bonds. The number of anilines is 1. The van der Waals surface area contributed by atoms with E-state index in [2.05, 4.69) is 4.74 Å². The van der Waals surface area contributed by atoms with E-state index in [1.54, 1.807) is 12.1 Å². The van der Waals surface area contributed by atoms with Crippen molar-refractivity contribution < 1.29 is 13.9 Å². The van der Waals surface area contributed by atoms with E-state index >= 15 is 0 Å². The van der Waals surface area contributed by atoms with Crippen LogP contribution in [0.5, 0.6) is 0 Å². The van der Waals surface area contributed by atoms with Gasteiger partial charge in [0.05, 0.1) is 0 Å². The standard InChI is InChI=1S/C6H7NO3/c7-6-2-1-5(10-6)3-9-4-8/h1-2,4H,3,7H2. The zero-order valence-electron chi connectivity index (χ0n) is 5.24.